The first kappa shape index (κ1) is 107. The van der Waals surface area contributed by atoms with Crippen LogP contribution in [0.5, 0.6) is 28.7 Å². The number of benzene rings is 8. The van der Waals surface area contributed by atoms with E-state index in [1.807, 2.05) is 60.3 Å². The zero-order valence-corrected chi connectivity index (χ0v) is 76.3. The van der Waals surface area contributed by atoms with E-state index in [0.717, 1.165) is 52.5 Å². The number of rotatable bonds is 15. The summed E-state index contributed by atoms with van der Waals surface area (Å²) in [5.74, 6) is -0.484. The minimum absolute atomic E-state index is 0. The average molecular weight is 1600 g/mol. The third-order valence-electron chi connectivity index (χ3n) is 11.9. The number of nitrogen functional groups attached to an aromatic ring is 1. The van der Waals surface area contributed by atoms with Crippen LogP contribution in [0.4, 0.5) is 96.9 Å². The Bertz CT molecular complexity index is 3680. The van der Waals surface area contributed by atoms with Gasteiger partial charge in [-0.05, 0) is 144 Å². The minimum atomic E-state index is -4.68. The van der Waals surface area contributed by atoms with Gasteiger partial charge >= 0.3 is 273 Å². The summed E-state index contributed by atoms with van der Waals surface area (Å²) in [6.45, 7) is 24.5. The average Bonchev–Trinajstić information content (AvgIpc) is 0.885. The molecule has 9 rings (SSSR count). The van der Waals surface area contributed by atoms with Gasteiger partial charge in [-0.1, -0.05) is 84.9 Å². The summed E-state index contributed by atoms with van der Waals surface area (Å²) in [5, 5.41) is 3.10. The number of hydrogen-bond acceptors (Lipinski definition) is 11. The van der Waals surface area contributed by atoms with Gasteiger partial charge in [-0.2, -0.15) is 0 Å². The van der Waals surface area contributed by atoms with E-state index in [2.05, 4.69) is 38.8 Å². The number of anilines is 4. The predicted molar refractivity (Wildman–Crippen MR) is 371 cm³/mol. The van der Waals surface area contributed by atoms with Gasteiger partial charge in [0.1, 0.15) is 28.7 Å². The molecule has 0 bridgehead atoms. The normalized spacial score (nSPS) is 10.7. The Kier molecular flexibility index (Phi) is 64.8. The molecule has 0 saturated carbocycles. The Hall–Kier alpha value is 0.388. The van der Waals surface area contributed by atoms with E-state index in [4.69, 9.17) is 42.0 Å². The van der Waals surface area contributed by atoms with Gasteiger partial charge in [0, 0.05) is 76.2 Å². The van der Waals surface area contributed by atoms with Crippen LogP contribution >= 0.6 is 0 Å². The van der Waals surface area contributed by atoms with E-state index in [1.165, 1.54) is 207 Å². The van der Waals surface area contributed by atoms with Crippen LogP contribution in [0.2, 0.25) is 0 Å². The van der Waals surface area contributed by atoms with Gasteiger partial charge in [-0.3, -0.25) is 4.39 Å². The maximum Gasteiger partial charge on any atom is 1.00 e. The molecular weight excluding hydrogens is 1530 g/mol. The van der Waals surface area contributed by atoms with Crippen molar-refractivity contribution in [1.29, 1.82) is 0 Å². The number of halogens is 13. The molecule has 102 heavy (non-hydrogen) atoms. The van der Waals surface area contributed by atoms with E-state index < -0.39 is 32.6 Å². The molecule has 1 saturated heterocycles. The van der Waals surface area contributed by atoms with Crippen molar-refractivity contribution >= 4 is 183 Å². The summed E-state index contributed by atoms with van der Waals surface area (Å²) in [7, 11) is 4.19. The van der Waals surface area contributed by atoms with Gasteiger partial charge in [-0.25, -0.2) is 14.5 Å². The second-order valence-electron chi connectivity index (χ2n) is 19.1. The summed E-state index contributed by atoms with van der Waals surface area (Å²) >= 11 is 5.00. The SMILES string of the molecule is C1CCOC1.CN(Cc1ccc(OC(F)(F)F)cc1)c1cccc(CN)c1.COc1ccc(OC(F)(F)F)cc1.[2H]CF.[AlH3].[C-]#[N+]c1cccc(N(C)Cc2ccc(OC(F)(F)F)cc2)c1.[C-]#[N+]c1cccc(N)c1.[C-]#[N+]c1cccc(NCc2ccc(OC(F)(F)F)cc2)c1.[H-].[H-].[H-].[K+].[K+].[K][K].[K][K].[Li+]. The van der Waals surface area contributed by atoms with Gasteiger partial charge in [-0.15, -0.1) is 52.7 Å². The fourth-order valence-corrected chi connectivity index (χ4v) is 7.62. The van der Waals surface area contributed by atoms with Crippen LogP contribution in [0, 0.1) is 19.7 Å². The smallest absolute Gasteiger partial charge is 1.00 e. The molecule has 1 fully saturated rings. The first-order chi connectivity index (χ1) is 47.0. The van der Waals surface area contributed by atoms with Crippen molar-refractivity contribution in [3.05, 3.63) is 251 Å². The molecule has 0 radical (unpaired) electrons. The number of hydrogen-bond donors (Lipinski definition) is 3. The number of methoxy groups -OCH3 is 1. The summed E-state index contributed by atoms with van der Waals surface area (Å²) in [6, 6.07) is 51.2. The van der Waals surface area contributed by atoms with E-state index in [0.29, 0.717) is 54.7 Å². The zero-order chi connectivity index (χ0) is 74.5. The molecule has 5 N–H and O–H groups in total. The first-order valence-electron chi connectivity index (χ1n) is 30.2. The molecule has 0 unspecified atom stereocenters. The Balaban J connectivity index is -0.000000223. The Labute approximate surface area is 791 Å². The predicted octanol–water partition coefficient (Wildman–Crippen LogP) is 7.64. The van der Waals surface area contributed by atoms with Crippen molar-refractivity contribution in [1.82, 2.24) is 0 Å². The molecule has 1 heterocycles. The van der Waals surface area contributed by atoms with Crippen molar-refractivity contribution < 1.29 is 213 Å². The Morgan fingerprint density at radius 2 is 0.824 bits per heavy atom. The van der Waals surface area contributed by atoms with Crippen molar-refractivity contribution in [2.75, 3.05) is 62.4 Å². The molecule has 0 amide bonds. The number of nitrogens with one attached hydrogen (secondary N) is 1. The molecule has 0 atom stereocenters. The second-order valence-corrected chi connectivity index (χ2v) is 19.1. The van der Waals surface area contributed by atoms with E-state index in [1.54, 1.807) is 97.1 Å². The fraction of sp³-hybridized carbons (Fsp3) is 0.239. The van der Waals surface area contributed by atoms with Crippen LogP contribution in [-0.4, -0.2) is 211 Å². The molecule has 1 aliphatic rings. The van der Waals surface area contributed by atoms with Crippen molar-refractivity contribution in [2.24, 2.45) is 5.73 Å². The number of ether oxygens (including phenoxy) is 6. The van der Waals surface area contributed by atoms with Gasteiger partial charge < -0.3 is 59.3 Å². The molecule has 516 valence electrons. The third-order valence-corrected chi connectivity index (χ3v) is 11.9. The zero-order valence-electron chi connectivity index (χ0n) is 61.6. The monoisotopic (exact) mass is 1600 g/mol. The molecule has 8 aromatic rings. The Morgan fingerprint density at radius 1 is 0.500 bits per heavy atom. The van der Waals surface area contributed by atoms with Crippen LogP contribution in [0.1, 0.15) is 40.7 Å². The van der Waals surface area contributed by atoms with Gasteiger partial charge in [0.05, 0.1) is 35.4 Å². The summed E-state index contributed by atoms with van der Waals surface area (Å²) in [4.78, 5) is 13.8. The van der Waals surface area contributed by atoms with Crippen LogP contribution in [0.3, 0.4) is 0 Å². The molecule has 35 heteroatoms. The topological polar surface area (TPSA) is 139 Å². The van der Waals surface area contributed by atoms with Gasteiger partial charge in [0.2, 0.25) is 0 Å². The van der Waals surface area contributed by atoms with Crippen LogP contribution in [0.25, 0.3) is 14.5 Å². The molecule has 0 aliphatic carbocycles. The fourth-order valence-electron chi connectivity index (χ4n) is 7.62. The standard InChI is InChI=1S/C16H13F3N2O.C16H17F3N2O.C15H11F3N2O.C8H7F3O2.C7H6N2.C4H8O.CH3F.Al.6K.Li.6H/c1-20-13-4-3-5-14(10-13)21(2)11-12-6-8-15(9-7-12)22-16(17,18)19;1-21(14-4-2-3-13(9-14)10-20)11-12-5-7-15(8-6-12)22-16(17,18)19;1-19-12-3-2-4-13(9-12)20-10-11-5-7-14(8-6-11)21-15(16,17)18;1-12-6-2-4-7(5-3-6)13-8(9,10)11;1-9-7-4-2-3-6(8)5-7;1-2-4-5-3-1;1-2;;;;;;;;;;;;;;/h3-10H,11H2,2H3;2-9H,10-11,20H2,1H3;2-9,20H,10H2;2-5H,1H3;2-5H,8H2;1-4H2;1H3;;;;;;;;;;;;;;/q;;;;;;;;;;;;3*+1;;;;3*-1/i;;;;;;1D;;;;;;;;;;;;;;. The number of nitrogens with zero attached hydrogens (tertiary/aromatic N) is 5. The van der Waals surface area contributed by atoms with Crippen LogP contribution < -0.4 is 172 Å². The second kappa shape index (κ2) is 62.0. The molecule has 8 aromatic carbocycles. The largest absolute Gasteiger partial charge is 1.00 e. The van der Waals surface area contributed by atoms with Crippen molar-refractivity contribution in [3.8, 4) is 28.7 Å². The van der Waals surface area contributed by atoms with Gasteiger partial charge in [0.25, 0.3) is 0 Å². The molecule has 0 aromatic heterocycles. The van der Waals surface area contributed by atoms with Crippen molar-refractivity contribution in [2.45, 2.75) is 64.5 Å². The number of nitrogens with two attached hydrogens (primary N) is 2. The maximum atomic E-state index is 12.1. The van der Waals surface area contributed by atoms with Crippen molar-refractivity contribution in [3.63, 3.8) is 0 Å². The summed E-state index contributed by atoms with van der Waals surface area (Å²) < 4.78 is 184. The number of alkyl halides is 13. The maximum absolute atomic E-state index is 12.1. The van der Waals surface area contributed by atoms with E-state index in [9.17, 15) is 57.1 Å². The quantitative estimate of drug-likeness (QED) is 0.0404. The third kappa shape index (κ3) is 53.3. The van der Waals surface area contributed by atoms with Crippen LogP contribution in [0.15, 0.2) is 194 Å². The minimum Gasteiger partial charge on any atom is 1.00 e. The van der Waals surface area contributed by atoms with E-state index >= 15 is 0 Å². The van der Waals surface area contributed by atoms with Crippen LogP contribution in [-0.2, 0) is 30.9 Å². The Morgan fingerprint density at radius 3 is 1.16 bits per heavy atom. The molecule has 14 nitrogen and oxygen atoms in total. The molecular formula is C67H71AlF13K6LiN8O6. The molecule has 0 spiro atoms. The summed E-state index contributed by atoms with van der Waals surface area (Å²) in [6.07, 6.45) is -16.1. The van der Waals surface area contributed by atoms with E-state index in [-0.39, 0.29) is 166 Å². The summed E-state index contributed by atoms with van der Waals surface area (Å²) in [5.41, 5.74) is 19.5. The first-order valence-corrected chi connectivity index (χ1v) is 61.5. The molecule has 1 aliphatic heterocycles. The van der Waals surface area contributed by atoms with Gasteiger partial charge in [0.15, 0.2) is 34.4 Å².